The molecular formula is C6H12N2O3S. The fourth-order valence-corrected chi connectivity index (χ4v) is 2.92. The third kappa shape index (κ3) is 1.24. The maximum atomic E-state index is 11.2. The lowest BCUT2D eigenvalue weighted by atomic mass is 10.2. The zero-order chi connectivity index (χ0) is 8.77. The van der Waals surface area contributed by atoms with Gasteiger partial charge in [-0.1, -0.05) is 0 Å². The molecule has 70 valence electrons. The molecule has 1 atom stereocenters. The molecule has 12 heavy (non-hydrogen) atoms. The molecule has 2 saturated heterocycles. The minimum atomic E-state index is -3.36. The van der Waals surface area contributed by atoms with Gasteiger partial charge in [-0.3, -0.25) is 4.18 Å². The van der Waals surface area contributed by atoms with Crippen molar-refractivity contribution in [3.8, 4) is 0 Å². The number of nitrogens with zero attached hydrogens (tertiary/aromatic N) is 2. The Morgan fingerprint density at radius 1 is 1.42 bits per heavy atom. The van der Waals surface area contributed by atoms with Crippen molar-refractivity contribution in [3.63, 3.8) is 0 Å². The molecule has 6 heteroatoms. The van der Waals surface area contributed by atoms with E-state index >= 15 is 0 Å². The van der Waals surface area contributed by atoms with E-state index in [1.807, 2.05) is 7.05 Å². The molecule has 2 fully saturated rings. The van der Waals surface area contributed by atoms with Crippen LogP contribution in [0.3, 0.4) is 0 Å². The third-order valence-electron chi connectivity index (χ3n) is 2.33. The molecule has 0 saturated carbocycles. The van der Waals surface area contributed by atoms with Crippen molar-refractivity contribution >= 4 is 10.3 Å². The molecule has 0 N–H and O–H groups in total. The van der Waals surface area contributed by atoms with Crippen molar-refractivity contribution in [2.75, 3.05) is 33.3 Å². The summed E-state index contributed by atoms with van der Waals surface area (Å²) in [6.45, 7) is 2.44. The fourth-order valence-electron chi connectivity index (χ4n) is 1.66. The molecule has 0 aliphatic carbocycles. The highest BCUT2D eigenvalue weighted by molar-refractivity contribution is 7.84. The minimum Gasteiger partial charge on any atom is -0.303 e. The molecule has 0 amide bonds. The monoisotopic (exact) mass is 192 g/mol. The number of fused-ring (bicyclic) bond motifs is 1. The molecule has 2 aliphatic rings. The molecule has 0 unspecified atom stereocenters. The van der Waals surface area contributed by atoms with E-state index in [-0.39, 0.29) is 6.04 Å². The predicted octanol–water partition coefficient (Wildman–Crippen LogP) is -1.12. The van der Waals surface area contributed by atoms with Gasteiger partial charge in [-0.2, -0.15) is 12.7 Å². The molecule has 0 bridgehead atoms. The number of rotatable bonds is 0. The van der Waals surface area contributed by atoms with Crippen molar-refractivity contribution in [2.45, 2.75) is 6.04 Å². The van der Waals surface area contributed by atoms with Crippen molar-refractivity contribution in [2.24, 2.45) is 0 Å². The number of hydrogen-bond donors (Lipinski definition) is 0. The molecule has 2 aliphatic heterocycles. The summed E-state index contributed by atoms with van der Waals surface area (Å²) < 4.78 is 28.5. The first kappa shape index (κ1) is 8.43. The summed E-state index contributed by atoms with van der Waals surface area (Å²) >= 11 is 0. The second-order valence-corrected chi connectivity index (χ2v) is 4.83. The standard InChI is InChI=1S/C6H12N2O3S/c1-7-2-3-8-6(4-7)5-11-12(8,9)10/h6H,2-5H2,1H3/t6-/m0/s1. The van der Waals surface area contributed by atoms with Crippen LogP contribution in [0.5, 0.6) is 0 Å². The summed E-state index contributed by atoms with van der Waals surface area (Å²) in [5, 5.41) is 0. The molecule has 0 aromatic heterocycles. The van der Waals surface area contributed by atoms with E-state index in [9.17, 15) is 8.42 Å². The molecule has 0 radical (unpaired) electrons. The van der Waals surface area contributed by atoms with Gasteiger partial charge in [0, 0.05) is 19.6 Å². The van der Waals surface area contributed by atoms with E-state index in [1.165, 1.54) is 4.31 Å². The van der Waals surface area contributed by atoms with Gasteiger partial charge in [0.25, 0.3) is 0 Å². The summed E-state index contributed by atoms with van der Waals surface area (Å²) in [5.74, 6) is 0. The summed E-state index contributed by atoms with van der Waals surface area (Å²) in [4.78, 5) is 2.12. The number of likely N-dealkylation sites (N-methyl/N-ethyl adjacent to an activating group) is 1. The smallest absolute Gasteiger partial charge is 0.303 e. The van der Waals surface area contributed by atoms with Crippen LogP contribution in [0.15, 0.2) is 0 Å². The van der Waals surface area contributed by atoms with Gasteiger partial charge in [0.05, 0.1) is 12.6 Å². The van der Waals surface area contributed by atoms with Gasteiger partial charge in [0.2, 0.25) is 0 Å². The highest BCUT2D eigenvalue weighted by Gasteiger charge is 2.41. The van der Waals surface area contributed by atoms with Crippen LogP contribution in [-0.4, -0.2) is 57.0 Å². The van der Waals surface area contributed by atoms with E-state index in [4.69, 9.17) is 4.18 Å². The van der Waals surface area contributed by atoms with Crippen LogP contribution in [0.25, 0.3) is 0 Å². The van der Waals surface area contributed by atoms with Crippen molar-refractivity contribution in [3.05, 3.63) is 0 Å². The normalized spacial score (nSPS) is 36.6. The predicted molar refractivity (Wildman–Crippen MR) is 42.9 cm³/mol. The molecule has 2 heterocycles. The van der Waals surface area contributed by atoms with Gasteiger partial charge in [-0.25, -0.2) is 0 Å². The quantitative estimate of drug-likeness (QED) is 0.488. The highest BCUT2D eigenvalue weighted by Crippen LogP contribution is 2.21. The van der Waals surface area contributed by atoms with Gasteiger partial charge in [-0.15, -0.1) is 0 Å². The first-order valence-corrected chi connectivity index (χ1v) is 5.31. The summed E-state index contributed by atoms with van der Waals surface area (Å²) in [6.07, 6.45) is 0. The van der Waals surface area contributed by atoms with Crippen LogP contribution in [0.2, 0.25) is 0 Å². The molecular weight excluding hydrogens is 180 g/mol. The van der Waals surface area contributed by atoms with Crippen LogP contribution >= 0.6 is 0 Å². The Hall–Kier alpha value is -0.170. The maximum Gasteiger partial charge on any atom is 0.338 e. The second kappa shape index (κ2) is 2.66. The average Bonchev–Trinajstić information content (AvgIpc) is 2.27. The van der Waals surface area contributed by atoms with E-state index in [2.05, 4.69) is 4.90 Å². The van der Waals surface area contributed by atoms with E-state index < -0.39 is 10.3 Å². The van der Waals surface area contributed by atoms with Gasteiger partial charge >= 0.3 is 10.3 Å². The largest absolute Gasteiger partial charge is 0.338 e. The SMILES string of the molecule is CN1CCN2[C@H](COS2(=O)=O)C1. The van der Waals surface area contributed by atoms with Crippen molar-refractivity contribution in [1.29, 1.82) is 0 Å². The Bertz CT molecular complexity index is 277. The van der Waals surface area contributed by atoms with E-state index in [1.54, 1.807) is 0 Å². The first-order chi connectivity index (χ1) is 5.59. The zero-order valence-corrected chi connectivity index (χ0v) is 7.75. The van der Waals surface area contributed by atoms with Gasteiger partial charge in [-0.05, 0) is 7.05 Å². The van der Waals surface area contributed by atoms with Gasteiger partial charge < -0.3 is 4.90 Å². The fraction of sp³-hybridized carbons (Fsp3) is 1.00. The van der Waals surface area contributed by atoms with Crippen LogP contribution in [-0.2, 0) is 14.5 Å². The average molecular weight is 192 g/mol. The first-order valence-electron chi connectivity index (χ1n) is 3.94. The number of hydrogen-bond acceptors (Lipinski definition) is 4. The van der Waals surface area contributed by atoms with Crippen LogP contribution < -0.4 is 0 Å². The van der Waals surface area contributed by atoms with Crippen molar-refractivity contribution < 1.29 is 12.6 Å². The molecule has 2 rings (SSSR count). The molecule has 0 spiro atoms. The zero-order valence-electron chi connectivity index (χ0n) is 6.93. The van der Waals surface area contributed by atoms with Crippen molar-refractivity contribution in [1.82, 2.24) is 9.21 Å². The third-order valence-corrected chi connectivity index (χ3v) is 3.82. The molecule has 0 aromatic rings. The Balaban J connectivity index is 2.18. The summed E-state index contributed by atoms with van der Waals surface area (Å²) in [6, 6.07) is 0.0359. The van der Waals surface area contributed by atoms with Gasteiger partial charge in [0.15, 0.2) is 0 Å². The van der Waals surface area contributed by atoms with E-state index in [0.29, 0.717) is 13.2 Å². The Morgan fingerprint density at radius 2 is 2.17 bits per heavy atom. The molecule has 0 aromatic carbocycles. The lowest BCUT2D eigenvalue weighted by Crippen LogP contribution is -2.50. The lowest BCUT2D eigenvalue weighted by Gasteiger charge is -2.31. The summed E-state index contributed by atoms with van der Waals surface area (Å²) in [7, 11) is -1.38. The topological polar surface area (TPSA) is 49.9 Å². The Morgan fingerprint density at radius 3 is 2.92 bits per heavy atom. The Kier molecular flexibility index (Phi) is 1.87. The Labute approximate surface area is 72.2 Å². The highest BCUT2D eigenvalue weighted by atomic mass is 32.2. The van der Waals surface area contributed by atoms with E-state index in [0.717, 1.165) is 13.1 Å². The van der Waals surface area contributed by atoms with Gasteiger partial charge in [0.1, 0.15) is 0 Å². The number of piperazine rings is 1. The lowest BCUT2D eigenvalue weighted by molar-refractivity contribution is 0.166. The van der Waals surface area contributed by atoms with Crippen LogP contribution in [0.1, 0.15) is 0 Å². The maximum absolute atomic E-state index is 11.2. The van der Waals surface area contributed by atoms with Crippen LogP contribution in [0, 0.1) is 0 Å². The molecule has 5 nitrogen and oxygen atoms in total. The summed E-state index contributed by atoms with van der Waals surface area (Å²) in [5.41, 5.74) is 0. The van der Waals surface area contributed by atoms with Crippen LogP contribution in [0.4, 0.5) is 0 Å². The second-order valence-electron chi connectivity index (χ2n) is 3.27. The minimum absolute atomic E-state index is 0.0359.